The van der Waals surface area contributed by atoms with Gasteiger partial charge in [-0.05, 0) is 30.5 Å². The second-order valence-corrected chi connectivity index (χ2v) is 5.75. The number of rotatable bonds is 3. The predicted molar refractivity (Wildman–Crippen MR) is 87.1 cm³/mol. The average molecular weight is 323 g/mol. The summed E-state index contributed by atoms with van der Waals surface area (Å²) in [6, 6.07) is 5.67. The van der Waals surface area contributed by atoms with Crippen molar-refractivity contribution in [3.63, 3.8) is 0 Å². The molecule has 0 bridgehead atoms. The molecule has 1 aliphatic rings. The Bertz CT molecular complexity index is 856. The van der Waals surface area contributed by atoms with E-state index in [0.29, 0.717) is 30.8 Å². The molecular weight excluding hydrogens is 306 g/mol. The number of pyridine rings is 2. The summed E-state index contributed by atoms with van der Waals surface area (Å²) in [5, 5.41) is 1.42. The summed E-state index contributed by atoms with van der Waals surface area (Å²) in [6.07, 6.45) is 8.83. The number of carbonyl (C=O) groups excluding carboxylic acids is 1. The maximum Gasteiger partial charge on any atom is 0.279 e. The van der Waals surface area contributed by atoms with Gasteiger partial charge in [0.05, 0.1) is 25.0 Å². The second kappa shape index (κ2) is 6.37. The highest BCUT2D eigenvalue weighted by Gasteiger charge is 2.20. The molecule has 24 heavy (non-hydrogen) atoms. The van der Waals surface area contributed by atoms with Crippen molar-refractivity contribution in [3.8, 4) is 0 Å². The van der Waals surface area contributed by atoms with E-state index in [1.807, 2.05) is 22.9 Å². The lowest BCUT2D eigenvalue weighted by molar-refractivity contribution is -0.144. The first-order chi connectivity index (χ1) is 11.8. The predicted octanol–water partition coefficient (Wildman–Crippen LogP) is 2.04. The van der Waals surface area contributed by atoms with Crippen LogP contribution in [0.1, 0.15) is 28.8 Å². The fourth-order valence-electron chi connectivity index (χ4n) is 2.77. The maximum atomic E-state index is 12.5. The molecule has 7 nitrogen and oxygen atoms in total. The monoisotopic (exact) mass is 323 g/mol. The lowest BCUT2D eigenvalue weighted by Gasteiger charge is -2.25. The molecule has 0 spiro atoms. The molecule has 3 aromatic heterocycles. The van der Waals surface area contributed by atoms with Gasteiger partial charge in [0, 0.05) is 25.1 Å². The van der Waals surface area contributed by atoms with Crippen LogP contribution in [0.2, 0.25) is 0 Å². The molecule has 0 N–H and O–H groups in total. The number of carbonyl (C=O) groups is 1. The summed E-state index contributed by atoms with van der Waals surface area (Å²) < 4.78 is 1.94. The van der Waals surface area contributed by atoms with Gasteiger partial charge in [-0.2, -0.15) is 0 Å². The van der Waals surface area contributed by atoms with Gasteiger partial charge in [-0.1, -0.05) is 6.07 Å². The number of amides is 1. The fraction of sp³-hybridized carbons (Fsp3) is 0.294. The first-order valence-electron chi connectivity index (χ1n) is 7.96. The molecule has 4 rings (SSSR count). The van der Waals surface area contributed by atoms with E-state index in [1.54, 1.807) is 24.8 Å². The second-order valence-electron chi connectivity index (χ2n) is 5.75. The normalized spacial score (nSPS) is 14.9. The van der Waals surface area contributed by atoms with Crippen LogP contribution in [-0.4, -0.2) is 43.6 Å². The van der Waals surface area contributed by atoms with Crippen LogP contribution < -0.4 is 0 Å². The fourth-order valence-corrected chi connectivity index (χ4v) is 2.77. The Morgan fingerprint density at radius 2 is 2.21 bits per heavy atom. The highest BCUT2D eigenvalue weighted by molar-refractivity contribution is 5.95. The molecule has 0 saturated carbocycles. The smallest absolute Gasteiger partial charge is 0.279 e. The average Bonchev–Trinajstić information content (AvgIpc) is 3.05. The lowest BCUT2D eigenvalue weighted by Crippen LogP contribution is -2.35. The minimum Gasteiger partial charge on any atom is -0.311 e. The van der Waals surface area contributed by atoms with E-state index < -0.39 is 0 Å². The number of hydrogen-bond acceptors (Lipinski definition) is 5. The summed E-state index contributed by atoms with van der Waals surface area (Å²) >= 11 is 0. The first-order valence-corrected chi connectivity index (χ1v) is 7.96. The van der Waals surface area contributed by atoms with Gasteiger partial charge < -0.3 is 4.57 Å². The van der Waals surface area contributed by atoms with Crippen LogP contribution in [-0.2, 0) is 11.4 Å². The first kappa shape index (κ1) is 14.8. The van der Waals surface area contributed by atoms with Crippen LogP contribution in [0.25, 0.3) is 11.2 Å². The summed E-state index contributed by atoms with van der Waals surface area (Å²) in [4.78, 5) is 30.8. The van der Waals surface area contributed by atoms with E-state index in [9.17, 15) is 4.79 Å². The molecule has 0 atom stereocenters. The Morgan fingerprint density at radius 1 is 1.25 bits per heavy atom. The van der Waals surface area contributed by atoms with E-state index in [0.717, 1.165) is 24.1 Å². The third-order valence-corrected chi connectivity index (χ3v) is 4.01. The number of hydroxylamine groups is 2. The van der Waals surface area contributed by atoms with Crippen molar-refractivity contribution >= 4 is 17.1 Å². The highest BCUT2D eigenvalue weighted by Crippen LogP contribution is 2.16. The molecular formula is C17H17N5O2. The molecule has 3 aromatic rings. The Morgan fingerprint density at radius 3 is 3.00 bits per heavy atom. The van der Waals surface area contributed by atoms with Crippen molar-refractivity contribution in [2.75, 3.05) is 13.2 Å². The van der Waals surface area contributed by atoms with Crippen LogP contribution in [0.15, 0.2) is 43.1 Å². The number of imidazole rings is 1. The molecule has 1 fully saturated rings. The van der Waals surface area contributed by atoms with Crippen LogP contribution in [0.5, 0.6) is 0 Å². The number of aromatic nitrogens is 4. The van der Waals surface area contributed by atoms with Crippen LogP contribution in [0.4, 0.5) is 0 Å². The topological polar surface area (TPSA) is 73.1 Å². The third kappa shape index (κ3) is 2.85. The van der Waals surface area contributed by atoms with E-state index >= 15 is 0 Å². The Kier molecular flexibility index (Phi) is 3.92. The Hall–Kier alpha value is -2.80. The molecule has 0 aliphatic carbocycles. The number of fused-ring (bicyclic) bond motifs is 1. The molecule has 0 radical (unpaired) electrons. The number of hydrogen-bond donors (Lipinski definition) is 0. The molecule has 7 heteroatoms. The van der Waals surface area contributed by atoms with Crippen LogP contribution in [0.3, 0.4) is 0 Å². The SMILES string of the molecule is O=C(c1cnc2c(c1)ncn2Cc1cccnc1)N1CCCCO1. The van der Waals surface area contributed by atoms with Gasteiger partial charge in [0.15, 0.2) is 5.65 Å². The zero-order valence-electron chi connectivity index (χ0n) is 13.1. The standard InChI is InChI=1S/C17H17N5O2/c23-17(22-6-1-2-7-24-22)14-8-15-16(19-10-14)21(12-20-15)11-13-4-3-5-18-9-13/h3-5,8-10,12H,1-2,6-7,11H2. The van der Waals surface area contributed by atoms with E-state index in [4.69, 9.17) is 4.84 Å². The maximum absolute atomic E-state index is 12.5. The molecule has 1 saturated heterocycles. The largest absolute Gasteiger partial charge is 0.311 e. The van der Waals surface area contributed by atoms with Gasteiger partial charge >= 0.3 is 0 Å². The van der Waals surface area contributed by atoms with Crippen molar-refractivity contribution in [1.82, 2.24) is 24.6 Å². The number of nitrogens with zero attached hydrogens (tertiary/aromatic N) is 5. The molecule has 122 valence electrons. The van der Waals surface area contributed by atoms with E-state index in [1.165, 1.54) is 5.06 Å². The van der Waals surface area contributed by atoms with Gasteiger partial charge in [0.2, 0.25) is 0 Å². The van der Waals surface area contributed by atoms with E-state index in [2.05, 4.69) is 15.0 Å². The summed E-state index contributed by atoms with van der Waals surface area (Å²) in [5.41, 5.74) is 3.01. The Balaban J connectivity index is 1.59. The molecule has 4 heterocycles. The summed E-state index contributed by atoms with van der Waals surface area (Å²) in [7, 11) is 0. The lowest BCUT2D eigenvalue weighted by atomic mass is 10.2. The molecule has 0 unspecified atom stereocenters. The molecule has 1 amide bonds. The zero-order chi connectivity index (χ0) is 16.4. The van der Waals surface area contributed by atoms with E-state index in [-0.39, 0.29) is 5.91 Å². The van der Waals surface area contributed by atoms with Crippen molar-refractivity contribution in [2.45, 2.75) is 19.4 Å². The van der Waals surface area contributed by atoms with Gasteiger partial charge in [-0.25, -0.2) is 15.0 Å². The minimum atomic E-state index is -0.161. The zero-order valence-corrected chi connectivity index (χ0v) is 13.1. The molecule has 1 aliphatic heterocycles. The minimum absolute atomic E-state index is 0.161. The summed E-state index contributed by atoms with van der Waals surface area (Å²) in [6.45, 7) is 1.84. The van der Waals surface area contributed by atoms with Crippen molar-refractivity contribution in [2.24, 2.45) is 0 Å². The Labute approximate surface area is 138 Å². The summed E-state index contributed by atoms with van der Waals surface area (Å²) in [5.74, 6) is -0.161. The quantitative estimate of drug-likeness (QED) is 0.737. The molecule has 0 aromatic carbocycles. The van der Waals surface area contributed by atoms with Crippen LogP contribution in [0, 0.1) is 0 Å². The van der Waals surface area contributed by atoms with Gasteiger partial charge in [0.1, 0.15) is 5.52 Å². The van der Waals surface area contributed by atoms with Gasteiger partial charge in [-0.3, -0.25) is 14.6 Å². The van der Waals surface area contributed by atoms with Gasteiger partial charge in [-0.15, -0.1) is 0 Å². The van der Waals surface area contributed by atoms with Crippen molar-refractivity contribution in [1.29, 1.82) is 0 Å². The van der Waals surface area contributed by atoms with Crippen molar-refractivity contribution in [3.05, 3.63) is 54.2 Å². The third-order valence-electron chi connectivity index (χ3n) is 4.01. The van der Waals surface area contributed by atoms with Crippen LogP contribution >= 0.6 is 0 Å². The van der Waals surface area contributed by atoms with Crippen molar-refractivity contribution < 1.29 is 9.63 Å². The highest BCUT2D eigenvalue weighted by atomic mass is 16.7. The van der Waals surface area contributed by atoms with Gasteiger partial charge in [0.25, 0.3) is 5.91 Å².